The van der Waals surface area contributed by atoms with E-state index in [9.17, 15) is 15.2 Å². The number of phenolic OH excluding ortho intramolecular Hbond substituents is 1. The molecule has 0 fully saturated rings. The predicted octanol–water partition coefficient (Wildman–Crippen LogP) is 4.42. The van der Waals surface area contributed by atoms with Gasteiger partial charge in [-0.1, -0.05) is 30.3 Å². The van der Waals surface area contributed by atoms with Gasteiger partial charge in [-0.15, -0.1) is 11.3 Å². The van der Waals surface area contributed by atoms with Crippen molar-refractivity contribution >= 4 is 39.3 Å². The zero-order chi connectivity index (χ0) is 19.5. The van der Waals surface area contributed by atoms with Crippen LogP contribution in [-0.2, 0) is 0 Å². The van der Waals surface area contributed by atoms with E-state index in [4.69, 9.17) is 0 Å². The molecule has 9 heteroatoms. The third kappa shape index (κ3) is 3.38. The smallest absolute Gasteiger partial charge is 0.270 e. The van der Waals surface area contributed by atoms with Crippen molar-refractivity contribution in [3.63, 3.8) is 0 Å². The predicted molar refractivity (Wildman–Crippen MR) is 109 cm³/mol. The van der Waals surface area contributed by atoms with Crippen LogP contribution in [0.15, 0.2) is 65.3 Å². The van der Waals surface area contributed by atoms with E-state index in [0.29, 0.717) is 5.82 Å². The Morgan fingerprint density at radius 3 is 2.79 bits per heavy atom. The van der Waals surface area contributed by atoms with E-state index in [2.05, 4.69) is 20.5 Å². The van der Waals surface area contributed by atoms with Crippen molar-refractivity contribution in [2.75, 3.05) is 5.43 Å². The van der Waals surface area contributed by atoms with Crippen LogP contribution in [-0.4, -0.2) is 26.2 Å². The van der Waals surface area contributed by atoms with E-state index in [1.807, 2.05) is 35.7 Å². The van der Waals surface area contributed by atoms with Gasteiger partial charge in [0.2, 0.25) is 0 Å². The maximum atomic E-state index is 10.9. The highest BCUT2D eigenvalue weighted by Crippen LogP contribution is 2.36. The first kappa shape index (κ1) is 17.6. The summed E-state index contributed by atoms with van der Waals surface area (Å²) in [7, 11) is 0. The summed E-state index contributed by atoms with van der Waals surface area (Å²) < 4.78 is 0. The molecule has 0 atom stereocenters. The van der Waals surface area contributed by atoms with Crippen molar-refractivity contribution in [1.82, 2.24) is 9.97 Å². The zero-order valence-corrected chi connectivity index (χ0v) is 15.1. The molecule has 4 rings (SSSR count). The lowest BCUT2D eigenvalue weighted by molar-refractivity contribution is -0.384. The summed E-state index contributed by atoms with van der Waals surface area (Å²) in [5.41, 5.74) is 4.96. The Hall–Kier alpha value is -3.85. The molecule has 0 radical (unpaired) electrons. The van der Waals surface area contributed by atoms with Gasteiger partial charge in [0.15, 0.2) is 5.82 Å². The minimum absolute atomic E-state index is 0.107. The number of hydrazone groups is 1. The van der Waals surface area contributed by atoms with Crippen molar-refractivity contribution in [3.8, 4) is 16.9 Å². The Morgan fingerprint density at radius 2 is 2.00 bits per heavy atom. The maximum absolute atomic E-state index is 10.9. The van der Waals surface area contributed by atoms with Crippen LogP contribution in [0.25, 0.3) is 21.3 Å². The fourth-order valence-electron chi connectivity index (χ4n) is 2.71. The first-order valence-corrected chi connectivity index (χ1v) is 9.05. The lowest BCUT2D eigenvalue weighted by Crippen LogP contribution is -1.96. The summed E-state index contributed by atoms with van der Waals surface area (Å²) in [4.78, 5) is 19.7. The van der Waals surface area contributed by atoms with Gasteiger partial charge in [0.05, 0.1) is 16.5 Å². The number of nitro groups is 1. The average Bonchev–Trinajstić information content (AvgIpc) is 3.15. The van der Waals surface area contributed by atoms with Crippen LogP contribution in [0.5, 0.6) is 5.75 Å². The normalized spacial score (nSPS) is 11.1. The van der Waals surface area contributed by atoms with Crippen molar-refractivity contribution in [2.24, 2.45) is 5.10 Å². The van der Waals surface area contributed by atoms with E-state index in [1.165, 1.54) is 42.1 Å². The molecule has 0 saturated heterocycles. The van der Waals surface area contributed by atoms with Gasteiger partial charge in [-0.2, -0.15) is 5.10 Å². The molecule has 2 N–H and O–H groups in total. The summed E-state index contributed by atoms with van der Waals surface area (Å²) in [5, 5.41) is 27.7. The summed E-state index contributed by atoms with van der Waals surface area (Å²) in [6, 6.07) is 13.6. The molecule has 0 aliphatic rings. The Morgan fingerprint density at radius 1 is 1.18 bits per heavy atom. The molecule has 28 heavy (non-hydrogen) atoms. The van der Waals surface area contributed by atoms with Crippen LogP contribution in [0, 0.1) is 10.1 Å². The van der Waals surface area contributed by atoms with Crippen LogP contribution >= 0.6 is 11.3 Å². The minimum atomic E-state index is -0.532. The van der Waals surface area contributed by atoms with Gasteiger partial charge < -0.3 is 5.11 Å². The number of aromatic nitrogens is 2. The quantitative estimate of drug-likeness (QED) is 0.296. The van der Waals surface area contributed by atoms with Gasteiger partial charge >= 0.3 is 0 Å². The topological polar surface area (TPSA) is 114 Å². The number of benzene rings is 2. The standard InChI is InChI=1S/C19H13N5O3S/c25-16-7-6-14(24(26)27)8-13(16)9-22-23-18-17-15(12-4-2-1-3-5-12)10-28-19(17)21-11-20-18/h1-11,25H,(H,20,21,23)/b22-9-. The summed E-state index contributed by atoms with van der Waals surface area (Å²) >= 11 is 1.50. The second-order valence-corrected chi connectivity index (χ2v) is 6.65. The SMILES string of the molecule is O=[N+]([O-])c1ccc(O)c(/C=N\Nc2ncnc3scc(-c4ccccc4)c23)c1. The van der Waals surface area contributed by atoms with Crippen molar-refractivity contribution in [1.29, 1.82) is 0 Å². The van der Waals surface area contributed by atoms with Crippen molar-refractivity contribution in [3.05, 3.63) is 75.9 Å². The van der Waals surface area contributed by atoms with Crippen LogP contribution in [0.4, 0.5) is 11.5 Å². The highest BCUT2D eigenvalue weighted by Gasteiger charge is 2.13. The first-order chi connectivity index (χ1) is 13.6. The van der Waals surface area contributed by atoms with Gasteiger partial charge in [0, 0.05) is 28.6 Å². The molecule has 0 aliphatic carbocycles. The van der Waals surface area contributed by atoms with Gasteiger partial charge in [-0.25, -0.2) is 9.97 Å². The monoisotopic (exact) mass is 391 g/mol. The van der Waals surface area contributed by atoms with E-state index in [0.717, 1.165) is 21.3 Å². The highest BCUT2D eigenvalue weighted by atomic mass is 32.1. The lowest BCUT2D eigenvalue weighted by Gasteiger charge is -2.05. The molecule has 2 aromatic carbocycles. The number of phenols is 1. The van der Waals surface area contributed by atoms with E-state index in [-0.39, 0.29) is 17.0 Å². The number of nitrogens with zero attached hydrogens (tertiary/aromatic N) is 4. The summed E-state index contributed by atoms with van der Waals surface area (Å²) in [6.45, 7) is 0. The number of thiophene rings is 1. The highest BCUT2D eigenvalue weighted by molar-refractivity contribution is 7.17. The van der Waals surface area contributed by atoms with E-state index < -0.39 is 4.92 Å². The van der Waals surface area contributed by atoms with Gasteiger partial charge in [-0.05, 0) is 11.6 Å². The molecule has 138 valence electrons. The number of hydrogen-bond donors (Lipinski definition) is 2. The Balaban J connectivity index is 1.68. The summed E-state index contributed by atoms with van der Waals surface area (Å²) in [6.07, 6.45) is 2.75. The number of nitro benzene ring substituents is 1. The number of hydrogen-bond acceptors (Lipinski definition) is 8. The number of anilines is 1. The van der Waals surface area contributed by atoms with Gasteiger partial charge in [0.25, 0.3) is 5.69 Å². The molecule has 0 amide bonds. The summed E-state index contributed by atoms with van der Waals surface area (Å²) in [5.74, 6) is 0.399. The van der Waals surface area contributed by atoms with Crippen LogP contribution in [0.3, 0.4) is 0 Å². The maximum Gasteiger partial charge on any atom is 0.270 e. The Bertz CT molecular complexity index is 1190. The van der Waals surface area contributed by atoms with Crippen LogP contribution < -0.4 is 5.43 Å². The Labute approximate surface area is 163 Å². The second-order valence-electron chi connectivity index (χ2n) is 5.79. The fraction of sp³-hybridized carbons (Fsp3) is 0. The Kier molecular flexibility index (Phi) is 4.65. The zero-order valence-electron chi connectivity index (χ0n) is 14.3. The van der Waals surface area contributed by atoms with E-state index in [1.54, 1.807) is 0 Å². The number of nitrogens with one attached hydrogen (secondary N) is 1. The molecule has 0 unspecified atom stereocenters. The number of non-ortho nitro benzene ring substituents is 1. The largest absolute Gasteiger partial charge is 0.507 e. The van der Waals surface area contributed by atoms with E-state index >= 15 is 0 Å². The fourth-order valence-corrected chi connectivity index (χ4v) is 3.63. The average molecular weight is 391 g/mol. The molecule has 2 heterocycles. The molecule has 4 aromatic rings. The first-order valence-electron chi connectivity index (χ1n) is 8.17. The molecule has 0 bridgehead atoms. The molecular weight excluding hydrogens is 378 g/mol. The van der Waals surface area contributed by atoms with Gasteiger partial charge in [0.1, 0.15) is 16.9 Å². The number of aromatic hydroxyl groups is 1. The van der Waals surface area contributed by atoms with Crippen molar-refractivity contribution in [2.45, 2.75) is 0 Å². The molecular formula is C19H13N5O3S. The van der Waals surface area contributed by atoms with Crippen LogP contribution in [0.1, 0.15) is 5.56 Å². The van der Waals surface area contributed by atoms with Crippen molar-refractivity contribution < 1.29 is 10.0 Å². The minimum Gasteiger partial charge on any atom is -0.507 e. The molecule has 0 spiro atoms. The number of fused-ring (bicyclic) bond motifs is 1. The number of rotatable bonds is 5. The second kappa shape index (κ2) is 7.41. The molecule has 0 saturated carbocycles. The van der Waals surface area contributed by atoms with Crippen LogP contribution in [0.2, 0.25) is 0 Å². The lowest BCUT2D eigenvalue weighted by atomic mass is 10.1. The third-order valence-electron chi connectivity index (χ3n) is 4.05. The molecule has 8 nitrogen and oxygen atoms in total. The molecule has 0 aliphatic heterocycles. The third-order valence-corrected chi connectivity index (χ3v) is 4.94. The molecule has 2 aromatic heterocycles. The van der Waals surface area contributed by atoms with Gasteiger partial charge in [-0.3, -0.25) is 15.5 Å².